The average Bonchev–Trinajstić information content (AvgIpc) is 3.06. The van der Waals surface area contributed by atoms with E-state index in [1.54, 1.807) is 0 Å². The number of amides is 1. The van der Waals surface area contributed by atoms with Gasteiger partial charge in [0.1, 0.15) is 0 Å². The van der Waals surface area contributed by atoms with Crippen molar-refractivity contribution in [1.82, 2.24) is 10.2 Å². The SMILES string of the molecule is CC1CCCCN1CCCNC(=O)C1C2CCC(C2)C1N. The number of likely N-dealkylation sites (tertiary alicyclic amines) is 1. The molecule has 1 heterocycles. The molecule has 0 aromatic carbocycles. The van der Waals surface area contributed by atoms with Crippen molar-refractivity contribution >= 4 is 5.91 Å². The second-order valence-corrected chi connectivity index (χ2v) is 7.46. The fourth-order valence-electron chi connectivity index (χ4n) is 4.83. The van der Waals surface area contributed by atoms with Gasteiger partial charge >= 0.3 is 0 Å². The fourth-order valence-corrected chi connectivity index (χ4v) is 4.83. The molecule has 2 saturated carbocycles. The Morgan fingerprint density at radius 3 is 2.76 bits per heavy atom. The standard InChI is InChI=1S/C17H31N3O/c1-12-5-2-3-9-20(12)10-4-8-19-17(21)15-13-6-7-14(11-13)16(15)18/h12-16H,2-11,18H2,1H3,(H,19,21). The van der Waals surface area contributed by atoms with Gasteiger partial charge in [0.15, 0.2) is 0 Å². The lowest BCUT2D eigenvalue weighted by atomic mass is 9.84. The van der Waals surface area contributed by atoms with Crippen LogP contribution in [0.3, 0.4) is 0 Å². The molecule has 0 aromatic rings. The van der Waals surface area contributed by atoms with Crippen LogP contribution in [0, 0.1) is 17.8 Å². The molecular weight excluding hydrogens is 262 g/mol. The van der Waals surface area contributed by atoms with Crippen molar-refractivity contribution in [3.63, 3.8) is 0 Å². The number of hydrogen-bond acceptors (Lipinski definition) is 3. The van der Waals surface area contributed by atoms with Crippen LogP contribution in [0.25, 0.3) is 0 Å². The van der Waals surface area contributed by atoms with E-state index < -0.39 is 0 Å². The smallest absolute Gasteiger partial charge is 0.224 e. The van der Waals surface area contributed by atoms with Gasteiger partial charge in [-0.3, -0.25) is 4.79 Å². The van der Waals surface area contributed by atoms with Gasteiger partial charge in [0.25, 0.3) is 0 Å². The molecule has 5 unspecified atom stereocenters. The molecule has 0 aromatic heterocycles. The number of hydrogen-bond donors (Lipinski definition) is 2. The second kappa shape index (κ2) is 6.66. The van der Waals surface area contributed by atoms with Crippen LogP contribution in [-0.2, 0) is 4.79 Å². The van der Waals surface area contributed by atoms with Gasteiger partial charge in [-0.15, -0.1) is 0 Å². The fraction of sp³-hybridized carbons (Fsp3) is 0.941. The van der Waals surface area contributed by atoms with Gasteiger partial charge in [-0.2, -0.15) is 0 Å². The molecule has 4 heteroatoms. The average molecular weight is 293 g/mol. The first-order valence-corrected chi connectivity index (χ1v) is 8.94. The highest BCUT2D eigenvalue weighted by Gasteiger charge is 2.48. The third-order valence-corrected chi connectivity index (χ3v) is 6.15. The minimum absolute atomic E-state index is 0.0951. The van der Waals surface area contributed by atoms with Crippen LogP contribution < -0.4 is 11.1 Å². The number of nitrogens with two attached hydrogens (primary N) is 1. The first-order valence-electron chi connectivity index (χ1n) is 8.94. The van der Waals surface area contributed by atoms with E-state index in [4.69, 9.17) is 5.73 Å². The van der Waals surface area contributed by atoms with Crippen molar-refractivity contribution in [2.24, 2.45) is 23.5 Å². The highest BCUT2D eigenvalue weighted by Crippen LogP contribution is 2.47. The molecule has 3 rings (SSSR count). The Morgan fingerprint density at radius 2 is 2.05 bits per heavy atom. The van der Waals surface area contributed by atoms with Gasteiger partial charge in [-0.25, -0.2) is 0 Å². The molecule has 3 aliphatic rings. The number of carbonyl (C=O) groups is 1. The maximum Gasteiger partial charge on any atom is 0.224 e. The van der Waals surface area contributed by atoms with Crippen molar-refractivity contribution in [3.05, 3.63) is 0 Å². The number of piperidine rings is 1. The highest BCUT2D eigenvalue weighted by molar-refractivity contribution is 5.80. The summed E-state index contributed by atoms with van der Waals surface area (Å²) < 4.78 is 0. The van der Waals surface area contributed by atoms with E-state index >= 15 is 0 Å². The molecule has 4 nitrogen and oxygen atoms in total. The molecule has 1 saturated heterocycles. The van der Waals surface area contributed by atoms with E-state index in [0.717, 1.165) is 19.5 Å². The van der Waals surface area contributed by atoms with Gasteiger partial charge in [0, 0.05) is 25.2 Å². The molecular formula is C17H31N3O. The number of nitrogens with zero attached hydrogens (tertiary/aromatic N) is 1. The molecule has 0 radical (unpaired) electrons. The lowest BCUT2D eigenvalue weighted by Crippen LogP contribution is -2.46. The maximum absolute atomic E-state index is 12.4. The van der Waals surface area contributed by atoms with Crippen molar-refractivity contribution < 1.29 is 4.79 Å². The van der Waals surface area contributed by atoms with Crippen molar-refractivity contribution in [3.8, 4) is 0 Å². The van der Waals surface area contributed by atoms with Crippen LogP contribution in [0.2, 0.25) is 0 Å². The third kappa shape index (κ3) is 3.26. The monoisotopic (exact) mass is 293 g/mol. The first kappa shape index (κ1) is 15.3. The first-order chi connectivity index (χ1) is 10.2. The normalized spacial score (nSPS) is 39.6. The zero-order valence-electron chi connectivity index (χ0n) is 13.4. The molecule has 3 fully saturated rings. The van der Waals surface area contributed by atoms with Crippen LogP contribution in [0.4, 0.5) is 0 Å². The summed E-state index contributed by atoms with van der Waals surface area (Å²) in [6, 6.07) is 0.833. The number of carbonyl (C=O) groups excluding carboxylic acids is 1. The van der Waals surface area contributed by atoms with Crippen LogP contribution in [0.1, 0.15) is 51.9 Å². The summed E-state index contributed by atoms with van der Waals surface area (Å²) >= 11 is 0. The second-order valence-electron chi connectivity index (χ2n) is 7.46. The Morgan fingerprint density at radius 1 is 1.24 bits per heavy atom. The third-order valence-electron chi connectivity index (χ3n) is 6.15. The maximum atomic E-state index is 12.4. The highest BCUT2D eigenvalue weighted by atomic mass is 16.1. The van der Waals surface area contributed by atoms with Crippen molar-refractivity contribution in [1.29, 1.82) is 0 Å². The van der Waals surface area contributed by atoms with Crippen molar-refractivity contribution in [2.75, 3.05) is 19.6 Å². The van der Waals surface area contributed by atoms with Crippen LogP contribution in [0.15, 0.2) is 0 Å². The molecule has 5 atom stereocenters. The van der Waals surface area contributed by atoms with Crippen LogP contribution in [0.5, 0.6) is 0 Å². The summed E-state index contributed by atoms with van der Waals surface area (Å²) in [7, 11) is 0. The Bertz CT molecular complexity index is 371. The summed E-state index contributed by atoms with van der Waals surface area (Å²) in [4.78, 5) is 14.9. The number of fused-ring (bicyclic) bond motifs is 2. The predicted molar refractivity (Wildman–Crippen MR) is 84.8 cm³/mol. The number of rotatable bonds is 5. The Kier molecular flexibility index (Phi) is 4.85. The summed E-state index contributed by atoms with van der Waals surface area (Å²) in [6.45, 7) is 5.48. The molecule has 1 amide bonds. The van der Waals surface area contributed by atoms with E-state index in [2.05, 4.69) is 17.1 Å². The van der Waals surface area contributed by atoms with E-state index in [-0.39, 0.29) is 17.9 Å². The predicted octanol–water partition coefficient (Wildman–Crippen LogP) is 1.74. The van der Waals surface area contributed by atoms with Gasteiger partial charge in [-0.1, -0.05) is 6.42 Å². The molecule has 120 valence electrons. The molecule has 0 spiro atoms. The van der Waals surface area contributed by atoms with Crippen LogP contribution >= 0.6 is 0 Å². The van der Waals surface area contributed by atoms with Gasteiger partial charge in [0.2, 0.25) is 5.91 Å². The van der Waals surface area contributed by atoms with Crippen molar-refractivity contribution in [2.45, 2.75) is 64.0 Å². The lowest BCUT2D eigenvalue weighted by Gasteiger charge is -2.33. The summed E-state index contributed by atoms with van der Waals surface area (Å²) in [5.41, 5.74) is 6.24. The molecule has 3 N–H and O–H groups in total. The molecule has 2 aliphatic carbocycles. The van der Waals surface area contributed by atoms with E-state index in [1.807, 2.05) is 0 Å². The summed E-state index contributed by atoms with van der Waals surface area (Å²) in [5, 5.41) is 3.15. The van der Waals surface area contributed by atoms with E-state index in [9.17, 15) is 4.79 Å². The number of nitrogens with one attached hydrogen (secondary N) is 1. The summed E-state index contributed by atoms with van der Waals surface area (Å²) in [6.07, 6.45) is 8.72. The van der Waals surface area contributed by atoms with E-state index in [1.165, 1.54) is 45.1 Å². The Labute approximate surface area is 128 Å². The summed E-state index contributed by atoms with van der Waals surface area (Å²) in [5.74, 6) is 1.49. The van der Waals surface area contributed by atoms with Gasteiger partial charge < -0.3 is 16.0 Å². The molecule has 21 heavy (non-hydrogen) atoms. The lowest BCUT2D eigenvalue weighted by molar-refractivity contribution is -0.127. The Hall–Kier alpha value is -0.610. The minimum Gasteiger partial charge on any atom is -0.356 e. The van der Waals surface area contributed by atoms with E-state index in [0.29, 0.717) is 17.9 Å². The van der Waals surface area contributed by atoms with Crippen LogP contribution in [-0.4, -0.2) is 42.5 Å². The van der Waals surface area contributed by atoms with Gasteiger partial charge in [0.05, 0.1) is 5.92 Å². The zero-order chi connectivity index (χ0) is 14.8. The molecule has 1 aliphatic heterocycles. The van der Waals surface area contributed by atoms with Gasteiger partial charge in [-0.05, 0) is 63.8 Å². The largest absolute Gasteiger partial charge is 0.356 e. The minimum atomic E-state index is 0.0951. The topological polar surface area (TPSA) is 58.4 Å². The zero-order valence-corrected chi connectivity index (χ0v) is 13.4. The quantitative estimate of drug-likeness (QED) is 0.759. The Balaban J connectivity index is 1.36. The molecule has 2 bridgehead atoms.